The molecular weight excluding hydrogens is 228 g/mol. The number of methoxy groups -OCH3 is 1. The van der Waals surface area contributed by atoms with Crippen molar-refractivity contribution in [3.63, 3.8) is 0 Å². The smallest absolute Gasteiger partial charge is 0.0658 e. The molecule has 0 unspecified atom stereocenters. The number of aromatic nitrogens is 2. The Morgan fingerprint density at radius 2 is 2.22 bits per heavy atom. The molecule has 4 nitrogen and oxygen atoms in total. The van der Waals surface area contributed by atoms with Gasteiger partial charge < -0.3 is 9.84 Å². The van der Waals surface area contributed by atoms with Gasteiger partial charge in [-0.05, 0) is 17.5 Å². The van der Waals surface area contributed by atoms with Crippen LogP contribution in [0.15, 0.2) is 36.7 Å². The lowest BCUT2D eigenvalue weighted by molar-refractivity contribution is 0.183. The third kappa shape index (κ3) is 3.18. The first kappa shape index (κ1) is 12.8. The Kier molecular flexibility index (Phi) is 4.50. The molecule has 0 amide bonds. The van der Waals surface area contributed by atoms with Gasteiger partial charge in [-0.1, -0.05) is 24.3 Å². The van der Waals surface area contributed by atoms with E-state index >= 15 is 0 Å². The van der Waals surface area contributed by atoms with Crippen molar-refractivity contribution in [2.75, 3.05) is 20.3 Å². The average molecular weight is 246 g/mol. The minimum atomic E-state index is 0.177. The zero-order valence-electron chi connectivity index (χ0n) is 10.5. The SMILES string of the molecule is COCCn1cc(-c2cccc(CCO)c2)cn1. The fourth-order valence-corrected chi connectivity index (χ4v) is 1.86. The van der Waals surface area contributed by atoms with Crippen LogP contribution in [-0.2, 0) is 17.7 Å². The summed E-state index contributed by atoms with van der Waals surface area (Å²) < 4.78 is 6.90. The number of benzene rings is 1. The van der Waals surface area contributed by atoms with Gasteiger partial charge >= 0.3 is 0 Å². The summed E-state index contributed by atoms with van der Waals surface area (Å²) in [4.78, 5) is 0. The second kappa shape index (κ2) is 6.33. The van der Waals surface area contributed by atoms with Gasteiger partial charge in [0.15, 0.2) is 0 Å². The molecule has 2 aromatic rings. The average Bonchev–Trinajstić information content (AvgIpc) is 2.86. The molecule has 4 heteroatoms. The molecule has 1 N–H and O–H groups in total. The lowest BCUT2D eigenvalue weighted by atomic mass is 10.0. The van der Waals surface area contributed by atoms with E-state index in [1.165, 1.54) is 0 Å². The van der Waals surface area contributed by atoms with Gasteiger partial charge in [0.1, 0.15) is 0 Å². The summed E-state index contributed by atoms with van der Waals surface area (Å²) >= 11 is 0. The van der Waals surface area contributed by atoms with Crippen molar-refractivity contribution in [1.29, 1.82) is 0 Å². The topological polar surface area (TPSA) is 47.3 Å². The first-order valence-electron chi connectivity index (χ1n) is 6.05. The summed E-state index contributed by atoms with van der Waals surface area (Å²) in [5.41, 5.74) is 3.36. The molecule has 2 rings (SSSR count). The zero-order chi connectivity index (χ0) is 12.8. The van der Waals surface area contributed by atoms with E-state index in [1.54, 1.807) is 7.11 Å². The normalized spacial score (nSPS) is 10.8. The minimum Gasteiger partial charge on any atom is -0.396 e. The summed E-state index contributed by atoms with van der Waals surface area (Å²) in [5.74, 6) is 0. The summed E-state index contributed by atoms with van der Waals surface area (Å²) in [6.45, 7) is 1.59. The molecule has 0 aliphatic rings. The first-order valence-corrected chi connectivity index (χ1v) is 6.05. The van der Waals surface area contributed by atoms with E-state index in [0.29, 0.717) is 13.0 Å². The van der Waals surface area contributed by atoms with Crippen LogP contribution in [0.4, 0.5) is 0 Å². The van der Waals surface area contributed by atoms with Crippen molar-refractivity contribution in [3.8, 4) is 11.1 Å². The van der Waals surface area contributed by atoms with E-state index in [1.807, 2.05) is 29.2 Å². The van der Waals surface area contributed by atoms with Crippen LogP contribution in [0.2, 0.25) is 0 Å². The van der Waals surface area contributed by atoms with E-state index in [0.717, 1.165) is 23.2 Å². The molecule has 0 aliphatic heterocycles. The second-order valence-electron chi connectivity index (χ2n) is 4.16. The molecule has 96 valence electrons. The quantitative estimate of drug-likeness (QED) is 0.844. The molecule has 1 heterocycles. The van der Waals surface area contributed by atoms with Crippen LogP contribution >= 0.6 is 0 Å². The Morgan fingerprint density at radius 3 is 3.00 bits per heavy atom. The summed E-state index contributed by atoms with van der Waals surface area (Å²) in [5, 5.41) is 13.2. The Labute approximate surface area is 107 Å². The van der Waals surface area contributed by atoms with Gasteiger partial charge in [0, 0.05) is 25.5 Å². The van der Waals surface area contributed by atoms with Crippen molar-refractivity contribution in [1.82, 2.24) is 9.78 Å². The maximum Gasteiger partial charge on any atom is 0.0658 e. The number of rotatable bonds is 6. The fraction of sp³-hybridized carbons (Fsp3) is 0.357. The van der Waals surface area contributed by atoms with Crippen LogP contribution in [0.1, 0.15) is 5.56 Å². The lowest BCUT2D eigenvalue weighted by Crippen LogP contribution is -2.03. The van der Waals surface area contributed by atoms with E-state index < -0.39 is 0 Å². The molecule has 0 saturated carbocycles. The zero-order valence-corrected chi connectivity index (χ0v) is 10.5. The third-order valence-electron chi connectivity index (χ3n) is 2.82. The third-order valence-corrected chi connectivity index (χ3v) is 2.82. The number of aliphatic hydroxyl groups excluding tert-OH is 1. The number of ether oxygens (including phenoxy) is 1. The van der Waals surface area contributed by atoms with E-state index in [9.17, 15) is 0 Å². The van der Waals surface area contributed by atoms with Gasteiger partial charge in [0.2, 0.25) is 0 Å². The molecule has 0 radical (unpaired) electrons. The monoisotopic (exact) mass is 246 g/mol. The van der Waals surface area contributed by atoms with Gasteiger partial charge in [-0.3, -0.25) is 4.68 Å². The van der Waals surface area contributed by atoms with Crippen LogP contribution in [0.25, 0.3) is 11.1 Å². The molecule has 0 aliphatic carbocycles. The molecule has 1 aromatic heterocycles. The van der Waals surface area contributed by atoms with Crippen molar-refractivity contribution in [2.24, 2.45) is 0 Å². The van der Waals surface area contributed by atoms with Crippen LogP contribution in [-0.4, -0.2) is 35.2 Å². The maximum atomic E-state index is 8.95. The van der Waals surface area contributed by atoms with E-state index in [4.69, 9.17) is 9.84 Å². The molecule has 1 aromatic carbocycles. The Morgan fingerprint density at radius 1 is 1.33 bits per heavy atom. The predicted molar refractivity (Wildman–Crippen MR) is 70.3 cm³/mol. The largest absolute Gasteiger partial charge is 0.396 e. The summed E-state index contributed by atoms with van der Waals surface area (Å²) in [7, 11) is 1.68. The predicted octanol–water partition coefficient (Wildman–Crippen LogP) is 1.73. The summed E-state index contributed by atoms with van der Waals surface area (Å²) in [6.07, 6.45) is 4.55. The van der Waals surface area contributed by atoms with Gasteiger partial charge in [0.25, 0.3) is 0 Å². The first-order chi connectivity index (χ1) is 8.83. The molecule has 18 heavy (non-hydrogen) atoms. The second-order valence-corrected chi connectivity index (χ2v) is 4.16. The molecule has 0 atom stereocenters. The summed E-state index contributed by atoms with van der Waals surface area (Å²) in [6, 6.07) is 8.17. The number of hydrogen-bond donors (Lipinski definition) is 1. The minimum absolute atomic E-state index is 0.177. The molecule has 0 fully saturated rings. The highest BCUT2D eigenvalue weighted by atomic mass is 16.5. The van der Waals surface area contributed by atoms with Gasteiger partial charge in [-0.15, -0.1) is 0 Å². The van der Waals surface area contributed by atoms with Crippen molar-refractivity contribution in [3.05, 3.63) is 42.2 Å². The number of hydrogen-bond acceptors (Lipinski definition) is 3. The van der Waals surface area contributed by atoms with Crippen molar-refractivity contribution >= 4 is 0 Å². The van der Waals surface area contributed by atoms with Crippen LogP contribution in [0, 0.1) is 0 Å². The Bertz CT molecular complexity index is 494. The molecule has 0 saturated heterocycles. The van der Waals surface area contributed by atoms with Gasteiger partial charge in [-0.2, -0.15) is 5.10 Å². The van der Waals surface area contributed by atoms with E-state index in [2.05, 4.69) is 17.2 Å². The van der Waals surface area contributed by atoms with Crippen LogP contribution < -0.4 is 0 Å². The van der Waals surface area contributed by atoms with Crippen molar-refractivity contribution in [2.45, 2.75) is 13.0 Å². The molecule has 0 spiro atoms. The number of aliphatic hydroxyl groups is 1. The van der Waals surface area contributed by atoms with Gasteiger partial charge in [-0.25, -0.2) is 0 Å². The highest BCUT2D eigenvalue weighted by Gasteiger charge is 2.02. The lowest BCUT2D eigenvalue weighted by Gasteiger charge is -2.02. The fourth-order valence-electron chi connectivity index (χ4n) is 1.86. The maximum absolute atomic E-state index is 8.95. The van der Waals surface area contributed by atoms with Crippen LogP contribution in [0.5, 0.6) is 0 Å². The van der Waals surface area contributed by atoms with Crippen LogP contribution in [0.3, 0.4) is 0 Å². The highest BCUT2D eigenvalue weighted by Crippen LogP contribution is 2.19. The number of nitrogens with zero attached hydrogens (tertiary/aromatic N) is 2. The van der Waals surface area contributed by atoms with Crippen molar-refractivity contribution < 1.29 is 9.84 Å². The van der Waals surface area contributed by atoms with Gasteiger partial charge in [0.05, 0.1) is 19.3 Å². The Balaban J connectivity index is 2.15. The molecule has 0 bridgehead atoms. The molecular formula is C14H18N2O2. The highest BCUT2D eigenvalue weighted by molar-refractivity contribution is 5.62. The van der Waals surface area contributed by atoms with E-state index in [-0.39, 0.29) is 6.61 Å². The standard InChI is InChI=1S/C14H18N2O2/c1-18-8-6-16-11-14(10-15-16)13-4-2-3-12(9-13)5-7-17/h2-4,9-11,17H,5-8H2,1H3. The Hall–Kier alpha value is -1.65.